The summed E-state index contributed by atoms with van der Waals surface area (Å²) in [7, 11) is 1.46. The lowest BCUT2D eigenvalue weighted by atomic mass is 9.76. The highest BCUT2D eigenvalue weighted by atomic mass is 16.6. The Kier molecular flexibility index (Phi) is 8.46. The van der Waals surface area contributed by atoms with Gasteiger partial charge >= 0.3 is 5.97 Å². The summed E-state index contributed by atoms with van der Waals surface area (Å²) in [4.78, 5) is 12.9. The number of hydrogen-bond donors (Lipinski definition) is 0. The van der Waals surface area contributed by atoms with Crippen molar-refractivity contribution >= 4 is 5.97 Å². The van der Waals surface area contributed by atoms with Crippen molar-refractivity contribution in [2.75, 3.05) is 7.11 Å². The molecule has 3 aromatic carbocycles. The minimum atomic E-state index is -0.350. The smallest absolute Gasteiger partial charge is 0.309 e. The van der Waals surface area contributed by atoms with Crippen LogP contribution in [0.25, 0.3) is 0 Å². The van der Waals surface area contributed by atoms with Gasteiger partial charge in [0, 0.05) is 11.8 Å². The number of rotatable bonds is 10. The van der Waals surface area contributed by atoms with E-state index < -0.39 is 0 Å². The molecule has 192 valence electrons. The molecule has 0 saturated heterocycles. The second-order valence-corrected chi connectivity index (χ2v) is 9.73. The summed E-state index contributed by atoms with van der Waals surface area (Å²) in [5, 5.41) is 0. The lowest BCUT2D eigenvalue weighted by Gasteiger charge is -2.32. The van der Waals surface area contributed by atoms with Gasteiger partial charge in [-0.1, -0.05) is 103 Å². The number of carbonyl (C=O) groups excluding carboxylic acids is 1. The maximum absolute atomic E-state index is 12.9. The lowest BCUT2D eigenvalue weighted by molar-refractivity contribution is -0.153. The van der Waals surface area contributed by atoms with Crippen molar-refractivity contribution in [2.24, 2.45) is 17.8 Å². The third-order valence-electron chi connectivity index (χ3n) is 7.42. The van der Waals surface area contributed by atoms with Crippen molar-refractivity contribution in [1.82, 2.24) is 0 Å². The monoisotopic (exact) mass is 498 g/mol. The molecular formula is C32H34O5. The van der Waals surface area contributed by atoms with E-state index in [0.717, 1.165) is 16.7 Å². The minimum Gasteiger partial charge on any atom is -0.469 e. The average Bonchev–Trinajstić information content (AvgIpc) is 3.27. The fourth-order valence-electron chi connectivity index (χ4n) is 5.64. The van der Waals surface area contributed by atoms with Crippen molar-refractivity contribution in [3.8, 4) is 0 Å². The van der Waals surface area contributed by atoms with Crippen LogP contribution in [0.1, 0.15) is 23.1 Å². The summed E-state index contributed by atoms with van der Waals surface area (Å²) in [6.45, 7) is 1.33. The maximum atomic E-state index is 12.9. The summed E-state index contributed by atoms with van der Waals surface area (Å²) >= 11 is 0. The number of ether oxygens (including phenoxy) is 4. The fraction of sp³-hybridized carbons (Fsp3) is 0.344. The average molecular weight is 499 g/mol. The minimum absolute atomic E-state index is 0.0249. The zero-order valence-electron chi connectivity index (χ0n) is 21.1. The van der Waals surface area contributed by atoms with Crippen LogP contribution in [0.4, 0.5) is 0 Å². The lowest BCUT2D eigenvalue weighted by Crippen LogP contribution is -2.40. The van der Waals surface area contributed by atoms with Gasteiger partial charge in [0.15, 0.2) is 0 Å². The van der Waals surface area contributed by atoms with Crippen LogP contribution in [0, 0.1) is 17.8 Å². The normalized spacial score (nSPS) is 26.5. The van der Waals surface area contributed by atoms with Crippen molar-refractivity contribution in [3.63, 3.8) is 0 Å². The van der Waals surface area contributed by atoms with Crippen LogP contribution in [0.3, 0.4) is 0 Å². The molecule has 0 bridgehead atoms. The van der Waals surface area contributed by atoms with Crippen molar-refractivity contribution < 1.29 is 23.7 Å². The number of fused-ring (bicyclic) bond motifs is 1. The Bertz CT molecular complexity index is 1150. The molecule has 5 rings (SSSR count). The Balaban J connectivity index is 1.45. The standard InChI is InChI=1S/C32H34O5/c1-34-32(33)27-19-11-18-26-28(27)30(36-21-24-14-7-3-8-15-24)31(37-22-25-16-9-4-10-17-25)29(26)35-20-23-12-5-2-6-13-23/h2-18,26-31H,19-22H2,1H3/t26-,27+,28+,29+,30+,31-/m0/s1. The maximum Gasteiger partial charge on any atom is 0.309 e. The van der Waals surface area contributed by atoms with Gasteiger partial charge in [-0.25, -0.2) is 0 Å². The van der Waals surface area contributed by atoms with Gasteiger partial charge in [0.25, 0.3) is 0 Å². The second kappa shape index (κ2) is 12.3. The molecule has 0 heterocycles. The zero-order chi connectivity index (χ0) is 25.5. The fourth-order valence-corrected chi connectivity index (χ4v) is 5.64. The van der Waals surface area contributed by atoms with Gasteiger partial charge in [-0.15, -0.1) is 0 Å². The molecule has 0 unspecified atom stereocenters. The summed E-state index contributed by atoms with van der Waals surface area (Å²) in [5.41, 5.74) is 3.26. The highest BCUT2D eigenvalue weighted by molar-refractivity contribution is 5.73. The number of hydrogen-bond acceptors (Lipinski definition) is 5. The largest absolute Gasteiger partial charge is 0.469 e. The van der Waals surface area contributed by atoms with Gasteiger partial charge in [-0.05, 0) is 23.1 Å². The first kappa shape index (κ1) is 25.4. The van der Waals surface area contributed by atoms with Crippen LogP contribution in [0.5, 0.6) is 0 Å². The van der Waals surface area contributed by atoms with E-state index in [1.165, 1.54) is 7.11 Å². The molecule has 3 aromatic rings. The summed E-state index contributed by atoms with van der Waals surface area (Å²) < 4.78 is 25.1. The SMILES string of the molecule is COC(=O)[C@@H]1CC=C[C@@H]2[C@@H](OCc3ccccc3)[C@H](OCc3ccccc3)[C@H](OCc3ccccc3)[C@H]21. The molecule has 0 N–H and O–H groups in total. The number of esters is 1. The Morgan fingerprint density at radius 1 is 0.676 bits per heavy atom. The van der Waals surface area contributed by atoms with Crippen LogP contribution >= 0.6 is 0 Å². The molecule has 0 spiro atoms. The molecule has 2 aliphatic rings. The molecule has 5 nitrogen and oxygen atoms in total. The third-order valence-corrected chi connectivity index (χ3v) is 7.42. The molecule has 1 saturated carbocycles. The number of allylic oxidation sites excluding steroid dienone is 1. The highest BCUT2D eigenvalue weighted by Gasteiger charge is 2.57. The first-order valence-corrected chi connectivity index (χ1v) is 13.0. The van der Waals surface area contributed by atoms with E-state index in [-0.39, 0.29) is 42.0 Å². The van der Waals surface area contributed by atoms with Crippen molar-refractivity contribution in [3.05, 3.63) is 120 Å². The van der Waals surface area contributed by atoms with Crippen LogP contribution in [-0.4, -0.2) is 31.4 Å². The van der Waals surface area contributed by atoms with Crippen LogP contribution < -0.4 is 0 Å². The van der Waals surface area contributed by atoms with Gasteiger partial charge < -0.3 is 18.9 Å². The van der Waals surface area contributed by atoms with E-state index in [1.807, 2.05) is 66.7 Å². The van der Waals surface area contributed by atoms with E-state index in [2.05, 4.69) is 36.4 Å². The number of carbonyl (C=O) groups is 1. The van der Waals surface area contributed by atoms with E-state index >= 15 is 0 Å². The van der Waals surface area contributed by atoms with Gasteiger partial charge in [0.05, 0.1) is 45.1 Å². The number of benzene rings is 3. The Hall–Kier alpha value is -3.25. The molecule has 1 fully saturated rings. The van der Waals surface area contributed by atoms with Gasteiger partial charge in [-0.3, -0.25) is 4.79 Å². The Labute approximate surface area is 219 Å². The molecule has 0 aliphatic heterocycles. The summed E-state index contributed by atoms with van der Waals surface area (Å²) in [5.74, 6) is -0.655. The first-order chi connectivity index (χ1) is 18.2. The predicted octanol–water partition coefficient (Wildman–Crippen LogP) is 5.74. The molecule has 6 atom stereocenters. The van der Waals surface area contributed by atoms with E-state index in [1.54, 1.807) is 0 Å². The summed E-state index contributed by atoms with van der Waals surface area (Å²) in [6.07, 6.45) is 3.94. The van der Waals surface area contributed by atoms with Crippen LogP contribution in [0.2, 0.25) is 0 Å². The highest BCUT2D eigenvalue weighted by Crippen LogP contribution is 2.47. The molecule has 5 heteroatoms. The van der Waals surface area contributed by atoms with Crippen LogP contribution in [0.15, 0.2) is 103 Å². The molecule has 2 aliphatic carbocycles. The Morgan fingerprint density at radius 2 is 1.14 bits per heavy atom. The Morgan fingerprint density at radius 3 is 1.62 bits per heavy atom. The molecule has 0 aromatic heterocycles. The quantitative estimate of drug-likeness (QED) is 0.264. The summed E-state index contributed by atoms with van der Waals surface area (Å²) in [6, 6.07) is 30.4. The first-order valence-electron chi connectivity index (χ1n) is 13.0. The second-order valence-electron chi connectivity index (χ2n) is 9.73. The molecule has 0 radical (unpaired) electrons. The van der Waals surface area contributed by atoms with Crippen molar-refractivity contribution in [2.45, 2.75) is 44.6 Å². The van der Waals surface area contributed by atoms with Gasteiger partial charge in [0.2, 0.25) is 0 Å². The number of methoxy groups -OCH3 is 1. The van der Waals surface area contributed by atoms with E-state index in [0.29, 0.717) is 26.2 Å². The third kappa shape index (κ3) is 6.02. The van der Waals surface area contributed by atoms with Gasteiger partial charge in [-0.2, -0.15) is 0 Å². The van der Waals surface area contributed by atoms with E-state index in [9.17, 15) is 4.79 Å². The zero-order valence-corrected chi connectivity index (χ0v) is 21.1. The van der Waals surface area contributed by atoms with Gasteiger partial charge in [0.1, 0.15) is 6.10 Å². The predicted molar refractivity (Wildman–Crippen MR) is 141 cm³/mol. The molecule has 37 heavy (non-hydrogen) atoms. The molecular weight excluding hydrogens is 464 g/mol. The topological polar surface area (TPSA) is 54.0 Å². The molecule has 0 amide bonds. The van der Waals surface area contributed by atoms with Crippen LogP contribution in [-0.2, 0) is 43.6 Å². The van der Waals surface area contributed by atoms with Crippen molar-refractivity contribution in [1.29, 1.82) is 0 Å². The van der Waals surface area contributed by atoms with E-state index in [4.69, 9.17) is 18.9 Å².